The number of amides is 1. The minimum Gasteiger partial charge on any atom is -0.468 e. The lowest BCUT2D eigenvalue weighted by Gasteiger charge is -2.29. The molecule has 6 heteroatoms. The lowest BCUT2D eigenvalue weighted by atomic mass is 10.2. The van der Waals surface area contributed by atoms with Gasteiger partial charge in [-0.1, -0.05) is 30.3 Å². The van der Waals surface area contributed by atoms with E-state index in [1.54, 1.807) is 0 Å². The van der Waals surface area contributed by atoms with Crippen LogP contribution in [0.1, 0.15) is 39.2 Å². The van der Waals surface area contributed by atoms with E-state index in [4.69, 9.17) is 9.47 Å². The number of hydrogen-bond donors (Lipinski definition) is 1. The summed E-state index contributed by atoms with van der Waals surface area (Å²) < 4.78 is 10.2. The molecule has 0 radical (unpaired) electrons. The summed E-state index contributed by atoms with van der Waals surface area (Å²) in [5, 5.41) is 2.82. The van der Waals surface area contributed by atoms with Gasteiger partial charge in [0.2, 0.25) is 0 Å². The van der Waals surface area contributed by atoms with E-state index in [2.05, 4.69) is 10.2 Å². The zero-order valence-corrected chi connectivity index (χ0v) is 15.5. The zero-order valence-electron chi connectivity index (χ0n) is 15.5. The highest BCUT2D eigenvalue weighted by Crippen LogP contribution is 2.27. The Morgan fingerprint density at radius 3 is 2.48 bits per heavy atom. The van der Waals surface area contributed by atoms with Gasteiger partial charge in [0.25, 0.3) is 0 Å². The van der Waals surface area contributed by atoms with Crippen molar-refractivity contribution in [1.82, 2.24) is 10.2 Å². The van der Waals surface area contributed by atoms with E-state index in [-0.39, 0.29) is 18.1 Å². The number of carbonyl (C=O) groups is 2. The van der Waals surface area contributed by atoms with Crippen LogP contribution in [-0.2, 0) is 20.8 Å². The molecule has 1 amide bonds. The fourth-order valence-corrected chi connectivity index (χ4v) is 3.09. The van der Waals surface area contributed by atoms with Crippen LogP contribution in [0.5, 0.6) is 0 Å². The topological polar surface area (TPSA) is 67.9 Å². The van der Waals surface area contributed by atoms with Crippen molar-refractivity contribution in [3.05, 3.63) is 35.9 Å². The molecule has 1 aliphatic heterocycles. The molecule has 0 spiro atoms. The molecule has 2 atom stereocenters. The molecular formula is C19H28N2O4. The van der Waals surface area contributed by atoms with Gasteiger partial charge in [0, 0.05) is 19.1 Å². The van der Waals surface area contributed by atoms with Gasteiger partial charge in [0.05, 0.1) is 7.11 Å². The van der Waals surface area contributed by atoms with E-state index in [0.717, 1.165) is 18.4 Å². The van der Waals surface area contributed by atoms with Crippen molar-refractivity contribution in [2.45, 2.75) is 57.8 Å². The van der Waals surface area contributed by atoms with Crippen LogP contribution < -0.4 is 5.32 Å². The largest absolute Gasteiger partial charge is 0.468 e. The molecule has 25 heavy (non-hydrogen) atoms. The Balaban J connectivity index is 2.02. The second kappa shape index (κ2) is 8.34. The first kappa shape index (κ1) is 19.2. The maximum Gasteiger partial charge on any atom is 0.407 e. The van der Waals surface area contributed by atoms with Crippen LogP contribution in [0.15, 0.2) is 30.3 Å². The number of likely N-dealkylation sites (tertiary alicyclic amines) is 1. The van der Waals surface area contributed by atoms with Crippen LogP contribution in [0, 0.1) is 0 Å². The van der Waals surface area contributed by atoms with Crippen molar-refractivity contribution in [2.24, 2.45) is 0 Å². The minimum absolute atomic E-state index is 0.0665. The van der Waals surface area contributed by atoms with E-state index in [1.165, 1.54) is 7.11 Å². The first-order valence-electron chi connectivity index (χ1n) is 8.64. The minimum atomic E-state index is -0.530. The van der Waals surface area contributed by atoms with Gasteiger partial charge in [-0.05, 0) is 39.2 Å². The second-order valence-electron chi connectivity index (χ2n) is 7.31. The normalized spacial score (nSPS) is 21.0. The Morgan fingerprint density at radius 2 is 1.88 bits per heavy atom. The molecule has 0 aromatic heterocycles. The highest BCUT2D eigenvalue weighted by molar-refractivity contribution is 5.76. The third-order valence-corrected chi connectivity index (χ3v) is 4.20. The molecule has 0 unspecified atom stereocenters. The summed E-state index contributed by atoms with van der Waals surface area (Å²) in [7, 11) is 1.41. The van der Waals surface area contributed by atoms with Gasteiger partial charge in [-0.2, -0.15) is 0 Å². The number of rotatable bonds is 5. The smallest absolute Gasteiger partial charge is 0.407 e. The Morgan fingerprint density at radius 1 is 1.20 bits per heavy atom. The van der Waals surface area contributed by atoms with Crippen LogP contribution in [0.25, 0.3) is 0 Å². The van der Waals surface area contributed by atoms with Gasteiger partial charge in [-0.3, -0.25) is 9.69 Å². The number of benzene rings is 1. The Labute approximate surface area is 149 Å². The summed E-state index contributed by atoms with van der Waals surface area (Å²) in [6.45, 7) is 6.57. The Hall–Kier alpha value is -2.08. The standard InChI is InChI=1S/C19H28N2O4/c1-19(2,3)25-18(23)20-12-15-10-11-16(17(22)24-4)21(15)13-14-8-6-5-7-9-14/h5-9,15-16H,10-13H2,1-4H3,(H,20,23)/t15-,16-/m0/s1. The summed E-state index contributed by atoms with van der Waals surface area (Å²) in [4.78, 5) is 26.1. The number of nitrogens with zero attached hydrogens (tertiary/aromatic N) is 1. The lowest BCUT2D eigenvalue weighted by Crippen LogP contribution is -2.46. The Bertz CT molecular complexity index is 583. The Kier molecular flexibility index (Phi) is 6.42. The summed E-state index contributed by atoms with van der Waals surface area (Å²) >= 11 is 0. The fraction of sp³-hybridized carbons (Fsp3) is 0.579. The number of nitrogens with one attached hydrogen (secondary N) is 1. The summed E-state index contributed by atoms with van der Waals surface area (Å²) in [5.74, 6) is -0.226. The maximum absolute atomic E-state index is 12.1. The van der Waals surface area contributed by atoms with Gasteiger partial charge in [0.1, 0.15) is 11.6 Å². The van der Waals surface area contributed by atoms with Crippen molar-refractivity contribution in [2.75, 3.05) is 13.7 Å². The van der Waals surface area contributed by atoms with E-state index in [9.17, 15) is 9.59 Å². The van der Waals surface area contributed by atoms with Gasteiger partial charge in [0.15, 0.2) is 0 Å². The number of ether oxygens (including phenoxy) is 2. The van der Waals surface area contributed by atoms with Gasteiger partial charge < -0.3 is 14.8 Å². The lowest BCUT2D eigenvalue weighted by molar-refractivity contribution is -0.146. The number of esters is 1. The van der Waals surface area contributed by atoms with Gasteiger partial charge >= 0.3 is 12.1 Å². The predicted octanol–water partition coefficient (Wildman–Crippen LogP) is 2.72. The third-order valence-electron chi connectivity index (χ3n) is 4.20. The van der Waals surface area contributed by atoms with Crippen molar-refractivity contribution < 1.29 is 19.1 Å². The first-order chi connectivity index (χ1) is 11.8. The predicted molar refractivity (Wildman–Crippen MR) is 95.0 cm³/mol. The molecule has 1 aromatic rings. The van der Waals surface area contributed by atoms with Crippen LogP contribution in [-0.4, -0.2) is 48.3 Å². The average Bonchev–Trinajstić information content (AvgIpc) is 2.94. The third kappa shape index (κ3) is 5.74. The van der Waals surface area contributed by atoms with Crippen molar-refractivity contribution >= 4 is 12.1 Å². The molecule has 138 valence electrons. The van der Waals surface area contributed by atoms with Crippen LogP contribution in [0.2, 0.25) is 0 Å². The SMILES string of the molecule is COC(=O)[C@@H]1CC[C@@H](CNC(=O)OC(C)(C)C)N1Cc1ccccc1. The van der Waals surface area contributed by atoms with Crippen molar-refractivity contribution in [1.29, 1.82) is 0 Å². The van der Waals surface area contributed by atoms with Crippen LogP contribution in [0.4, 0.5) is 4.79 Å². The average molecular weight is 348 g/mol. The fourth-order valence-electron chi connectivity index (χ4n) is 3.09. The molecule has 0 bridgehead atoms. The number of alkyl carbamates (subject to hydrolysis) is 1. The van der Waals surface area contributed by atoms with E-state index in [1.807, 2.05) is 51.1 Å². The molecule has 1 aromatic carbocycles. The highest BCUT2D eigenvalue weighted by Gasteiger charge is 2.38. The monoisotopic (exact) mass is 348 g/mol. The van der Waals surface area contributed by atoms with E-state index < -0.39 is 11.7 Å². The molecule has 1 N–H and O–H groups in total. The molecule has 2 rings (SSSR count). The second-order valence-corrected chi connectivity index (χ2v) is 7.31. The summed E-state index contributed by atoms with van der Waals surface area (Å²) in [6, 6.07) is 9.77. The van der Waals surface area contributed by atoms with E-state index in [0.29, 0.717) is 13.1 Å². The molecule has 6 nitrogen and oxygen atoms in total. The van der Waals surface area contributed by atoms with Gasteiger partial charge in [-0.15, -0.1) is 0 Å². The number of hydrogen-bond acceptors (Lipinski definition) is 5. The molecular weight excluding hydrogens is 320 g/mol. The van der Waals surface area contributed by atoms with Crippen LogP contribution >= 0.6 is 0 Å². The number of carbonyl (C=O) groups excluding carboxylic acids is 2. The number of methoxy groups -OCH3 is 1. The quantitative estimate of drug-likeness (QED) is 0.829. The highest BCUT2D eigenvalue weighted by atomic mass is 16.6. The molecule has 0 aliphatic carbocycles. The van der Waals surface area contributed by atoms with Crippen molar-refractivity contribution in [3.8, 4) is 0 Å². The van der Waals surface area contributed by atoms with E-state index >= 15 is 0 Å². The summed E-state index contributed by atoms with van der Waals surface area (Å²) in [6.07, 6.45) is 1.11. The first-order valence-corrected chi connectivity index (χ1v) is 8.64. The molecule has 1 fully saturated rings. The molecule has 0 saturated carbocycles. The van der Waals surface area contributed by atoms with Crippen LogP contribution in [0.3, 0.4) is 0 Å². The van der Waals surface area contributed by atoms with Gasteiger partial charge in [-0.25, -0.2) is 4.79 Å². The van der Waals surface area contributed by atoms with Crippen molar-refractivity contribution in [3.63, 3.8) is 0 Å². The zero-order chi connectivity index (χ0) is 18.4. The maximum atomic E-state index is 12.1. The summed E-state index contributed by atoms with van der Waals surface area (Å²) in [5.41, 5.74) is 0.596. The molecule has 1 saturated heterocycles. The molecule has 1 heterocycles. The molecule has 1 aliphatic rings.